The molecule has 0 heterocycles. The Kier molecular flexibility index (Phi) is 7.70. The number of aliphatic hydroxyl groups is 2. The Labute approximate surface area is 54.5 Å². The van der Waals surface area contributed by atoms with Gasteiger partial charge in [0, 0.05) is 6.54 Å². The summed E-state index contributed by atoms with van der Waals surface area (Å²) in [7, 11) is 0. The van der Waals surface area contributed by atoms with Gasteiger partial charge in [0.05, 0.1) is 26.6 Å². The molecule has 0 atom stereocenters. The minimum atomic E-state index is -0.0253. The van der Waals surface area contributed by atoms with E-state index < -0.39 is 0 Å². The summed E-state index contributed by atoms with van der Waals surface area (Å²) in [5, 5.41) is 19.1. The molecular weight excluding hydrogens is 122 g/mol. The number of hydrogen-bond donors (Lipinski definition) is 3. The largest absolute Gasteiger partial charge is 0.394 e. The van der Waals surface area contributed by atoms with Gasteiger partial charge in [-0.05, 0) is 0 Å². The van der Waals surface area contributed by atoms with Gasteiger partial charge in [-0.3, -0.25) is 5.32 Å². The quantitative estimate of drug-likeness (QED) is 0.307. The van der Waals surface area contributed by atoms with Crippen LogP contribution in [0.15, 0.2) is 0 Å². The summed E-state index contributed by atoms with van der Waals surface area (Å²) in [5.41, 5.74) is 0. The summed E-state index contributed by atoms with van der Waals surface area (Å²) >= 11 is 0. The monoisotopic (exact) mass is 135 g/mol. The minimum absolute atomic E-state index is 0.0253. The fraction of sp³-hybridized carbons (Fsp3) is 1.00. The molecule has 56 valence electrons. The predicted molar refractivity (Wildman–Crippen MR) is 33.0 cm³/mol. The molecule has 0 aliphatic heterocycles. The standard InChI is InChI=1S/C5H13NO3/c7-2-4-9-3-1-6-5-8/h6-8H,1-5H2. The molecule has 0 rings (SSSR count). The Morgan fingerprint density at radius 1 is 1.22 bits per heavy atom. The van der Waals surface area contributed by atoms with Crippen molar-refractivity contribution in [2.45, 2.75) is 0 Å². The van der Waals surface area contributed by atoms with Crippen molar-refractivity contribution in [1.29, 1.82) is 0 Å². The topological polar surface area (TPSA) is 61.7 Å². The molecular formula is C5H13NO3. The third-order valence-corrected chi connectivity index (χ3v) is 0.771. The van der Waals surface area contributed by atoms with E-state index in [4.69, 9.17) is 14.9 Å². The molecule has 4 nitrogen and oxygen atoms in total. The van der Waals surface area contributed by atoms with Crippen molar-refractivity contribution >= 4 is 0 Å². The van der Waals surface area contributed by atoms with E-state index >= 15 is 0 Å². The Balaban J connectivity index is 2.60. The molecule has 0 aromatic carbocycles. The van der Waals surface area contributed by atoms with E-state index in [2.05, 4.69) is 5.32 Å². The van der Waals surface area contributed by atoms with E-state index in [0.29, 0.717) is 19.8 Å². The van der Waals surface area contributed by atoms with Crippen molar-refractivity contribution in [2.75, 3.05) is 33.1 Å². The smallest absolute Gasteiger partial charge is 0.0932 e. The van der Waals surface area contributed by atoms with Gasteiger partial charge in [0.1, 0.15) is 0 Å². The molecule has 3 N–H and O–H groups in total. The van der Waals surface area contributed by atoms with Crippen LogP contribution in [0.5, 0.6) is 0 Å². The van der Waals surface area contributed by atoms with Gasteiger partial charge < -0.3 is 14.9 Å². The Hall–Kier alpha value is -0.160. The van der Waals surface area contributed by atoms with Gasteiger partial charge in [0.15, 0.2) is 0 Å². The molecule has 0 unspecified atom stereocenters. The zero-order valence-electron chi connectivity index (χ0n) is 5.34. The number of ether oxygens (including phenoxy) is 1. The minimum Gasteiger partial charge on any atom is -0.394 e. The fourth-order valence-corrected chi connectivity index (χ4v) is 0.390. The first-order chi connectivity index (χ1) is 4.41. The van der Waals surface area contributed by atoms with Crippen molar-refractivity contribution in [3.05, 3.63) is 0 Å². The summed E-state index contributed by atoms with van der Waals surface area (Å²) in [6.07, 6.45) is 0. The molecule has 0 radical (unpaired) electrons. The van der Waals surface area contributed by atoms with Crippen LogP contribution in [0, 0.1) is 0 Å². The third-order valence-electron chi connectivity index (χ3n) is 0.771. The third kappa shape index (κ3) is 7.84. The van der Waals surface area contributed by atoms with E-state index in [1.54, 1.807) is 0 Å². The lowest BCUT2D eigenvalue weighted by atomic mass is 10.7. The van der Waals surface area contributed by atoms with Crippen LogP contribution < -0.4 is 5.32 Å². The average Bonchev–Trinajstić information content (AvgIpc) is 1.89. The van der Waals surface area contributed by atoms with Gasteiger partial charge in [-0.2, -0.15) is 0 Å². The Morgan fingerprint density at radius 3 is 2.56 bits per heavy atom. The highest BCUT2D eigenvalue weighted by Crippen LogP contribution is 1.69. The summed E-state index contributed by atoms with van der Waals surface area (Å²) in [5.74, 6) is 0. The van der Waals surface area contributed by atoms with Crippen LogP contribution in [0.2, 0.25) is 0 Å². The second-order valence-corrected chi connectivity index (χ2v) is 1.49. The molecule has 0 spiro atoms. The molecule has 0 amide bonds. The van der Waals surface area contributed by atoms with Gasteiger partial charge in [-0.25, -0.2) is 0 Å². The van der Waals surface area contributed by atoms with Gasteiger partial charge in [0.25, 0.3) is 0 Å². The van der Waals surface area contributed by atoms with E-state index in [1.165, 1.54) is 0 Å². The molecule has 0 saturated heterocycles. The molecule has 0 bridgehead atoms. The van der Waals surface area contributed by atoms with Gasteiger partial charge in [-0.15, -0.1) is 0 Å². The summed E-state index contributed by atoms with van der Waals surface area (Å²) in [6.45, 7) is 1.55. The summed E-state index contributed by atoms with van der Waals surface area (Å²) in [6, 6.07) is 0. The van der Waals surface area contributed by atoms with Crippen molar-refractivity contribution < 1.29 is 14.9 Å². The van der Waals surface area contributed by atoms with Crippen molar-refractivity contribution in [2.24, 2.45) is 0 Å². The zero-order chi connectivity index (χ0) is 6.95. The van der Waals surface area contributed by atoms with Crippen LogP contribution >= 0.6 is 0 Å². The number of aliphatic hydroxyl groups excluding tert-OH is 2. The van der Waals surface area contributed by atoms with Crippen LogP contribution in [-0.4, -0.2) is 43.3 Å². The number of nitrogens with one attached hydrogen (secondary N) is 1. The molecule has 0 aromatic rings. The number of rotatable bonds is 6. The maximum atomic E-state index is 8.23. The normalized spacial score (nSPS) is 10.0. The van der Waals surface area contributed by atoms with Gasteiger partial charge in [-0.1, -0.05) is 0 Å². The van der Waals surface area contributed by atoms with Crippen LogP contribution in [0.1, 0.15) is 0 Å². The first kappa shape index (κ1) is 8.84. The molecule has 9 heavy (non-hydrogen) atoms. The molecule has 4 heteroatoms. The van der Waals surface area contributed by atoms with E-state index in [9.17, 15) is 0 Å². The van der Waals surface area contributed by atoms with Crippen LogP contribution in [0.25, 0.3) is 0 Å². The fourth-order valence-electron chi connectivity index (χ4n) is 0.390. The van der Waals surface area contributed by atoms with Crippen LogP contribution in [0.3, 0.4) is 0 Å². The average molecular weight is 135 g/mol. The SMILES string of the molecule is OCCOCCNCO. The van der Waals surface area contributed by atoms with Crippen molar-refractivity contribution in [3.63, 3.8) is 0 Å². The zero-order valence-corrected chi connectivity index (χ0v) is 5.34. The van der Waals surface area contributed by atoms with Crippen molar-refractivity contribution in [1.82, 2.24) is 5.32 Å². The summed E-state index contributed by atoms with van der Waals surface area (Å²) in [4.78, 5) is 0. The van der Waals surface area contributed by atoms with Gasteiger partial charge in [0.2, 0.25) is 0 Å². The number of hydrogen-bond acceptors (Lipinski definition) is 4. The summed E-state index contributed by atoms with van der Waals surface area (Å²) < 4.78 is 4.86. The molecule has 0 saturated carbocycles. The first-order valence-electron chi connectivity index (χ1n) is 2.92. The van der Waals surface area contributed by atoms with Gasteiger partial charge >= 0.3 is 0 Å². The maximum Gasteiger partial charge on any atom is 0.0932 e. The maximum absolute atomic E-state index is 8.23. The molecule has 0 aromatic heterocycles. The van der Waals surface area contributed by atoms with E-state index in [-0.39, 0.29) is 13.3 Å². The molecule has 0 fully saturated rings. The van der Waals surface area contributed by atoms with Crippen molar-refractivity contribution in [3.8, 4) is 0 Å². The second-order valence-electron chi connectivity index (χ2n) is 1.49. The lowest BCUT2D eigenvalue weighted by molar-refractivity contribution is 0.0901. The van der Waals surface area contributed by atoms with E-state index in [1.807, 2.05) is 0 Å². The highest BCUT2D eigenvalue weighted by Gasteiger charge is 1.83. The Bertz CT molecular complexity index is 45.5. The lowest BCUT2D eigenvalue weighted by Crippen LogP contribution is -2.20. The lowest BCUT2D eigenvalue weighted by Gasteiger charge is -2.00. The Morgan fingerprint density at radius 2 is 2.00 bits per heavy atom. The molecule has 0 aliphatic carbocycles. The highest BCUT2D eigenvalue weighted by molar-refractivity contribution is 4.36. The highest BCUT2D eigenvalue weighted by atomic mass is 16.5. The second kappa shape index (κ2) is 7.84. The predicted octanol–water partition coefficient (Wildman–Crippen LogP) is -1.47. The molecule has 0 aliphatic rings. The van der Waals surface area contributed by atoms with Crippen LogP contribution in [0.4, 0.5) is 0 Å². The van der Waals surface area contributed by atoms with Crippen LogP contribution in [-0.2, 0) is 4.74 Å². The van der Waals surface area contributed by atoms with E-state index in [0.717, 1.165) is 0 Å². The first-order valence-corrected chi connectivity index (χ1v) is 2.92.